The zero-order valence-electron chi connectivity index (χ0n) is 12.0. The minimum atomic E-state index is -0.0516. The highest BCUT2D eigenvalue weighted by Crippen LogP contribution is 2.18. The van der Waals surface area contributed by atoms with E-state index < -0.39 is 0 Å². The third-order valence-electron chi connectivity index (χ3n) is 3.40. The second kappa shape index (κ2) is 6.96. The lowest BCUT2D eigenvalue weighted by molar-refractivity contribution is 0.157. The van der Waals surface area contributed by atoms with Crippen molar-refractivity contribution >= 4 is 12.1 Å². The summed E-state index contributed by atoms with van der Waals surface area (Å²) in [6.45, 7) is 3.38. The van der Waals surface area contributed by atoms with Gasteiger partial charge < -0.3 is 19.9 Å². The van der Waals surface area contributed by atoms with Crippen LogP contribution in [-0.4, -0.2) is 56.2 Å². The number of urea groups is 1. The highest BCUT2D eigenvalue weighted by molar-refractivity contribution is 5.76. The maximum atomic E-state index is 12.0. The van der Waals surface area contributed by atoms with Gasteiger partial charge in [0.05, 0.1) is 7.11 Å². The van der Waals surface area contributed by atoms with Gasteiger partial charge in [0.15, 0.2) is 0 Å². The van der Waals surface area contributed by atoms with Crippen molar-refractivity contribution < 1.29 is 9.53 Å². The Bertz CT molecular complexity index is 480. The number of piperazine rings is 1. The van der Waals surface area contributed by atoms with Crippen LogP contribution in [0.25, 0.3) is 6.08 Å². The van der Waals surface area contributed by atoms with Crippen LogP contribution in [0.1, 0.15) is 5.56 Å². The van der Waals surface area contributed by atoms with Crippen LogP contribution in [0, 0.1) is 0 Å². The van der Waals surface area contributed by atoms with Gasteiger partial charge in [-0.05, 0) is 19.2 Å². The van der Waals surface area contributed by atoms with Gasteiger partial charge in [-0.1, -0.05) is 18.2 Å². The van der Waals surface area contributed by atoms with Gasteiger partial charge in [-0.25, -0.2) is 4.79 Å². The average molecular weight is 275 g/mol. The summed E-state index contributed by atoms with van der Waals surface area (Å²) in [5.41, 5.74) is 0.939. The Morgan fingerprint density at radius 1 is 1.25 bits per heavy atom. The highest BCUT2D eigenvalue weighted by Gasteiger charge is 2.17. The van der Waals surface area contributed by atoms with Crippen molar-refractivity contribution in [2.45, 2.75) is 0 Å². The largest absolute Gasteiger partial charge is 0.496 e. The van der Waals surface area contributed by atoms with Crippen LogP contribution < -0.4 is 10.1 Å². The molecule has 5 nitrogen and oxygen atoms in total. The van der Waals surface area contributed by atoms with Crippen LogP contribution in [0.15, 0.2) is 30.5 Å². The number of rotatable bonds is 3. The molecule has 0 atom stereocenters. The first-order chi connectivity index (χ1) is 9.70. The molecule has 0 aromatic heterocycles. The maximum absolute atomic E-state index is 12.0. The molecule has 0 bridgehead atoms. The number of para-hydroxylation sites is 1. The quantitative estimate of drug-likeness (QED) is 0.912. The van der Waals surface area contributed by atoms with Crippen LogP contribution in [0.5, 0.6) is 5.75 Å². The van der Waals surface area contributed by atoms with E-state index in [0.29, 0.717) is 0 Å². The van der Waals surface area contributed by atoms with E-state index in [4.69, 9.17) is 4.74 Å². The molecule has 0 saturated carbocycles. The molecule has 108 valence electrons. The number of hydrogen-bond acceptors (Lipinski definition) is 3. The number of nitrogens with one attached hydrogen (secondary N) is 1. The average Bonchev–Trinajstić information content (AvgIpc) is 2.48. The fourth-order valence-electron chi connectivity index (χ4n) is 2.11. The standard InChI is InChI=1S/C15H21N3O2/c1-17-9-11-18(12-10-17)15(19)16-8-7-13-5-3-4-6-14(13)20-2/h3-8H,9-12H2,1-2H3,(H,16,19)/b8-7+. The third-order valence-corrected chi connectivity index (χ3v) is 3.40. The Morgan fingerprint density at radius 3 is 2.65 bits per heavy atom. The molecule has 1 aromatic carbocycles. The summed E-state index contributed by atoms with van der Waals surface area (Å²) < 4.78 is 5.25. The van der Waals surface area contributed by atoms with Crippen molar-refractivity contribution in [2.24, 2.45) is 0 Å². The molecular formula is C15H21N3O2. The topological polar surface area (TPSA) is 44.8 Å². The first kappa shape index (κ1) is 14.4. The minimum Gasteiger partial charge on any atom is -0.496 e. The molecular weight excluding hydrogens is 254 g/mol. The summed E-state index contributed by atoms with van der Waals surface area (Å²) >= 11 is 0. The van der Waals surface area contributed by atoms with Gasteiger partial charge in [-0.3, -0.25) is 0 Å². The fraction of sp³-hybridized carbons (Fsp3) is 0.400. The first-order valence-electron chi connectivity index (χ1n) is 6.74. The van der Waals surface area contributed by atoms with E-state index in [9.17, 15) is 4.79 Å². The van der Waals surface area contributed by atoms with E-state index in [-0.39, 0.29) is 6.03 Å². The number of amides is 2. The lowest BCUT2D eigenvalue weighted by Crippen LogP contribution is -2.49. The van der Waals surface area contributed by atoms with Crippen molar-refractivity contribution in [1.82, 2.24) is 15.1 Å². The molecule has 0 unspecified atom stereocenters. The lowest BCUT2D eigenvalue weighted by Gasteiger charge is -2.31. The van der Waals surface area contributed by atoms with Crippen molar-refractivity contribution in [2.75, 3.05) is 40.3 Å². The number of ether oxygens (including phenoxy) is 1. The number of methoxy groups -OCH3 is 1. The van der Waals surface area contributed by atoms with E-state index in [0.717, 1.165) is 37.5 Å². The van der Waals surface area contributed by atoms with Gasteiger partial charge in [0.25, 0.3) is 0 Å². The van der Waals surface area contributed by atoms with Gasteiger partial charge in [-0.2, -0.15) is 0 Å². The lowest BCUT2D eigenvalue weighted by atomic mass is 10.2. The van der Waals surface area contributed by atoms with Crippen molar-refractivity contribution in [3.8, 4) is 5.75 Å². The number of nitrogens with zero attached hydrogens (tertiary/aromatic N) is 2. The van der Waals surface area contributed by atoms with Crippen molar-refractivity contribution in [1.29, 1.82) is 0 Å². The fourth-order valence-corrected chi connectivity index (χ4v) is 2.11. The number of carbonyl (C=O) groups excluding carboxylic acids is 1. The summed E-state index contributed by atoms with van der Waals surface area (Å²) in [5, 5.41) is 2.80. The first-order valence-corrected chi connectivity index (χ1v) is 6.74. The summed E-state index contributed by atoms with van der Waals surface area (Å²) in [6, 6.07) is 7.63. The third kappa shape index (κ3) is 3.74. The van der Waals surface area contributed by atoms with Crippen LogP contribution in [0.2, 0.25) is 0 Å². The molecule has 1 heterocycles. The zero-order chi connectivity index (χ0) is 14.4. The highest BCUT2D eigenvalue weighted by atomic mass is 16.5. The summed E-state index contributed by atoms with van der Waals surface area (Å²) in [4.78, 5) is 16.0. The SMILES string of the molecule is COc1ccccc1/C=C/NC(=O)N1CCN(C)CC1. The van der Waals surface area contributed by atoms with Gasteiger partial charge in [0.1, 0.15) is 5.75 Å². The molecule has 1 aliphatic heterocycles. The minimum absolute atomic E-state index is 0.0516. The molecule has 20 heavy (non-hydrogen) atoms. The molecule has 0 radical (unpaired) electrons. The van der Waals surface area contributed by atoms with E-state index in [2.05, 4.69) is 17.3 Å². The molecule has 0 spiro atoms. The summed E-state index contributed by atoms with van der Waals surface area (Å²) in [5.74, 6) is 0.789. The Balaban J connectivity index is 1.88. The molecule has 1 saturated heterocycles. The van der Waals surface area contributed by atoms with Gasteiger partial charge in [0, 0.05) is 37.9 Å². The zero-order valence-corrected chi connectivity index (χ0v) is 12.0. The van der Waals surface area contributed by atoms with E-state index >= 15 is 0 Å². The molecule has 5 heteroatoms. The second-order valence-electron chi connectivity index (χ2n) is 4.82. The monoisotopic (exact) mass is 275 g/mol. The van der Waals surface area contributed by atoms with Crippen LogP contribution >= 0.6 is 0 Å². The predicted molar refractivity (Wildman–Crippen MR) is 79.6 cm³/mol. The Morgan fingerprint density at radius 2 is 1.95 bits per heavy atom. The predicted octanol–water partition coefficient (Wildman–Crippen LogP) is 1.62. The Hall–Kier alpha value is -2.01. The molecule has 1 aromatic rings. The molecule has 1 aliphatic rings. The van der Waals surface area contributed by atoms with E-state index in [1.54, 1.807) is 13.3 Å². The Kier molecular flexibility index (Phi) is 5.01. The molecule has 1 fully saturated rings. The second-order valence-corrected chi connectivity index (χ2v) is 4.82. The van der Waals surface area contributed by atoms with Gasteiger partial charge >= 0.3 is 6.03 Å². The van der Waals surface area contributed by atoms with Crippen LogP contribution in [-0.2, 0) is 0 Å². The number of likely N-dealkylation sites (N-methyl/N-ethyl adjacent to an activating group) is 1. The van der Waals surface area contributed by atoms with Gasteiger partial charge in [0.2, 0.25) is 0 Å². The molecule has 2 rings (SSSR count). The number of benzene rings is 1. The summed E-state index contributed by atoms with van der Waals surface area (Å²) in [6.07, 6.45) is 3.51. The molecule has 2 amide bonds. The van der Waals surface area contributed by atoms with Gasteiger partial charge in [-0.15, -0.1) is 0 Å². The molecule has 1 N–H and O–H groups in total. The van der Waals surface area contributed by atoms with E-state index in [1.165, 1.54) is 0 Å². The smallest absolute Gasteiger partial charge is 0.321 e. The Labute approximate surface area is 119 Å². The van der Waals surface area contributed by atoms with Crippen LogP contribution in [0.4, 0.5) is 4.79 Å². The van der Waals surface area contributed by atoms with E-state index in [1.807, 2.05) is 35.2 Å². The van der Waals surface area contributed by atoms with Crippen molar-refractivity contribution in [3.63, 3.8) is 0 Å². The maximum Gasteiger partial charge on any atom is 0.321 e. The van der Waals surface area contributed by atoms with Crippen molar-refractivity contribution in [3.05, 3.63) is 36.0 Å². The number of hydrogen-bond donors (Lipinski definition) is 1. The summed E-state index contributed by atoms with van der Waals surface area (Å²) in [7, 11) is 3.70. The normalized spacial score (nSPS) is 16.4. The molecule has 0 aliphatic carbocycles. The number of carbonyl (C=O) groups is 1. The van der Waals surface area contributed by atoms with Crippen LogP contribution in [0.3, 0.4) is 0 Å².